The Balaban J connectivity index is 0.00000100. The maximum atomic E-state index is 12.0. The Morgan fingerprint density at radius 2 is 1.54 bits per heavy atom. The van der Waals surface area contributed by atoms with Crippen molar-refractivity contribution in [2.24, 2.45) is 0 Å². The number of hydrogen-bond donors (Lipinski definition) is 2. The van der Waals surface area contributed by atoms with Crippen LogP contribution < -0.4 is 10.6 Å². The molecule has 2 aromatic carbocycles. The second-order valence-electron chi connectivity index (χ2n) is 4.62. The minimum absolute atomic E-state index is 0.274. The van der Waals surface area contributed by atoms with E-state index >= 15 is 0 Å². The van der Waals surface area contributed by atoms with E-state index in [0.717, 1.165) is 15.4 Å². The van der Waals surface area contributed by atoms with Crippen molar-refractivity contribution in [2.45, 2.75) is 13.8 Å². The first-order valence-corrected chi connectivity index (χ1v) is 8.89. The number of urea groups is 1. The van der Waals surface area contributed by atoms with E-state index < -0.39 is 0 Å². The first-order chi connectivity index (χ1) is 11.7. The fourth-order valence-corrected chi connectivity index (χ4v) is 3.00. The van der Waals surface area contributed by atoms with Crippen LogP contribution in [0.4, 0.5) is 15.5 Å². The lowest BCUT2D eigenvalue weighted by atomic mass is 10.2. The number of rotatable bonds is 3. The quantitative estimate of drug-likeness (QED) is 0.534. The van der Waals surface area contributed by atoms with Gasteiger partial charge in [0.05, 0.1) is 5.00 Å². The van der Waals surface area contributed by atoms with Crippen LogP contribution in [0.2, 0.25) is 5.02 Å². The Bertz CT molecular complexity index is 770. The predicted molar refractivity (Wildman–Crippen MR) is 105 cm³/mol. The van der Waals surface area contributed by atoms with Gasteiger partial charge in [-0.2, -0.15) is 0 Å². The van der Waals surface area contributed by atoms with Gasteiger partial charge in [0.25, 0.3) is 0 Å². The van der Waals surface area contributed by atoms with Crippen molar-refractivity contribution >= 4 is 39.7 Å². The molecule has 0 bridgehead atoms. The maximum Gasteiger partial charge on any atom is 0.324 e. The highest BCUT2D eigenvalue weighted by molar-refractivity contribution is 7.19. The summed E-state index contributed by atoms with van der Waals surface area (Å²) in [6.07, 6.45) is 0. The molecular weight excluding hydrogens is 340 g/mol. The highest BCUT2D eigenvalue weighted by Gasteiger charge is 2.06. The van der Waals surface area contributed by atoms with Gasteiger partial charge in [0.15, 0.2) is 0 Å². The van der Waals surface area contributed by atoms with E-state index in [0.29, 0.717) is 10.7 Å². The molecular formula is C19H19ClN2OS. The van der Waals surface area contributed by atoms with Gasteiger partial charge in [0, 0.05) is 15.6 Å². The van der Waals surface area contributed by atoms with Crippen LogP contribution in [0.1, 0.15) is 13.8 Å². The average molecular weight is 359 g/mol. The van der Waals surface area contributed by atoms with Crippen molar-refractivity contribution < 1.29 is 4.79 Å². The van der Waals surface area contributed by atoms with E-state index in [2.05, 4.69) is 10.6 Å². The molecule has 0 radical (unpaired) electrons. The monoisotopic (exact) mass is 358 g/mol. The summed E-state index contributed by atoms with van der Waals surface area (Å²) in [5.74, 6) is 0. The molecule has 0 saturated heterocycles. The first kappa shape index (κ1) is 18.0. The predicted octanol–water partition coefficient (Wildman–Crippen LogP) is 6.74. The summed E-state index contributed by atoms with van der Waals surface area (Å²) < 4.78 is 0. The molecule has 0 aliphatic heterocycles. The van der Waals surface area contributed by atoms with Gasteiger partial charge in [-0.1, -0.05) is 55.8 Å². The first-order valence-electron chi connectivity index (χ1n) is 7.69. The fourth-order valence-electron chi connectivity index (χ4n) is 1.97. The highest BCUT2D eigenvalue weighted by atomic mass is 35.5. The second-order valence-corrected chi connectivity index (χ2v) is 6.14. The number of amides is 2. The van der Waals surface area contributed by atoms with Gasteiger partial charge < -0.3 is 5.32 Å². The molecule has 1 aromatic heterocycles. The summed E-state index contributed by atoms with van der Waals surface area (Å²) in [7, 11) is 0. The van der Waals surface area contributed by atoms with Gasteiger partial charge in [0.1, 0.15) is 0 Å². The summed E-state index contributed by atoms with van der Waals surface area (Å²) in [5, 5.41) is 7.03. The average Bonchev–Trinajstić information content (AvgIpc) is 3.08. The summed E-state index contributed by atoms with van der Waals surface area (Å²) in [6.45, 7) is 4.00. The van der Waals surface area contributed by atoms with Crippen LogP contribution in [0.25, 0.3) is 10.4 Å². The summed E-state index contributed by atoms with van der Waals surface area (Å²) in [6, 6.07) is 20.7. The minimum Gasteiger partial charge on any atom is -0.308 e. The third kappa shape index (κ3) is 5.11. The van der Waals surface area contributed by atoms with Gasteiger partial charge >= 0.3 is 6.03 Å². The standard InChI is InChI=1S/C17H13ClN2OS.C2H6/c18-13-6-8-14(9-7-13)19-17(21)20-16-11-10-15(22-16)12-4-2-1-3-5-12;1-2/h1-11H,(H2,19,20,21);1-2H3. The largest absolute Gasteiger partial charge is 0.324 e. The van der Waals surface area contributed by atoms with Gasteiger partial charge in [-0.25, -0.2) is 4.79 Å². The molecule has 0 atom stereocenters. The Kier molecular flexibility index (Phi) is 6.85. The molecule has 3 nitrogen and oxygen atoms in total. The van der Waals surface area contributed by atoms with Crippen LogP contribution in [-0.4, -0.2) is 6.03 Å². The molecule has 124 valence electrons. The van der Waals surface area contributed by atoms with Gasteiger partial charge in [-0.05, 0) is 42.0 Å². The van der Waals surface area contributed by atoms with E-state index in [9.17, 15) is 4.79 Å². The van der Waals surface area contributed by atoms with Crippen LogP contribution in [0.3, 0.4) is 0 Å². The molecule has 3 rings (SSSR count). The molecule has 24 heavy (non-hydrogen) atoms. The maximum absolute atomic E-state index is 12.0. The van der Waals surface area contributed by atoms with Crippen molar-refractivity contribution in [3.63, 3.8) is 0 Å². The summed E-state index contributed by atoms with van der Waals surface area (Å²) in [5.41, 5.74) is 1.83. The third-order valence-electron chi connectivity index (χ3n) is 3.00. The molecule has 3 aromatic rings. The Morgan fingerprint density at radius 1 is 0.875 bits per heavy atom. The van der Waals surface area contributed by atoms with Crippen molar-refractivity contribution in [2.75, 3.05) is 10.6 Å². The smallest absolute Gasteiger partial charge is 0.308 e. The highest BCUT2D eigenvalue weighted by Crippen LogP contribution is 2.31. The number of halogens is 1. The molecule has 0 unspecified atom stereocenters. The van der Waals surface area contributed by atoms with E-state index in [4.69, 9.17) is 11.6 Å². The van der Waals surface area contributed by atoms with Crippen molar-refractivity contribution in [3.8, 4) is 10.4 Å². The zero-order valence-electron chi connectivity index (χ0n) is 13.5. The molecule has 0 fully saturated rings. The Morgan fingerprint density at radius 3 is 2.21 bits per heavy atom. The van der Waals surface area contributed by atoms with Crippen molar-refractivity contribution in [3.05, 3.63) is 71.8 Å². The molecule has 0 spiro atoms. The minimum atomic E-state index is -0.274. The molecule has 5 heteroatoms. The zero-order valence-corrected chi connectivity index (χ0v) is 15.1. The van der Waals surface area contributed by atoms with E-state index in [1.807, 2.05) is 56.3 Å². The lowest BCUT2D eigenvalue weighted by Gasteiger charge is -2.05. The lowest BCUT2D eigenvalue weighted by molar-refractivity contribution is 0.262. The van der Waals surface area contributed by atoms with Gasteiger partial charge in [-0.15, -0.1) is 11.3 Å². The number of anilines is 2. The van der Waals surface area contributed by atoms with E-state index in [1.54, 1.807) is 24.3 Å². The number of carbonyl (C=O) groups excluding carboxylic acids is 1. The Labute approximate surface area is 151 Å². The van der Waals surface area contributed by atoms with Crippen molar-refractivity contribution in [1.29, 1.82) is 0 Å². The summed E-state index contributed by atoms with van der Waals surface area (Å²) >= 11 is 7.35. The SMILES string of the molecule is CC.O=C(Nc1ccc(Cl)cc1)Nc1ccc(-c2ccccc2)s1. The van der Waals surface area contributed by atoms with Crippen LogP contribution in [0.5, 0.6) is 0 Å². The molecule has 2 N–H and O–H groups in total. The molecule has 2 amide bonds. The third-order valence-corrected chi connectivity index (χ3v) is 4.30. The van der Waals surface area contributed by atoms with Crippen LogP contribution in [0, 0.1) is 0 Å². The number of carbonyl (C=O) groups is 1. The van der Waals surface area contributed by atoms with Crippen LogP contribution >= 0.6 is 22.9 Å². The number of nitrogens with one attached hydrogen (secondary N) is 2. The number of benzene rings is 2. The fraction of sp³-hybridized carbons (Fsp3) is 0.105. The van der Waals surface area contributed by atoms with E-state index in [-0.39, 0.29) is 6.03 Å². The van der Waals surface area contributed by atoms with E-state index in [1.165, 1.54) is 11.3 Å². The molecule has 0 aliphatic rings. The lowest BCUT2D eigenvalue weighted by Crippen LogP contribution is -2.18. The number of thiophene rings is 1. The normalized spacial score (nSPS) is 9.62. The van der Waals surface area contributed by atoms with Gasteiger partial charge in [0.2, 0.25) is 0 Å². The summed E-state index contributed by atoms with van der Waals surface area (Å²) in [4.78, 5) is 13.1. The molecule has 1 heterocycles. The molecule has 0 saturated carbocycles. The zero-order chi connectivity index (χ0) is 17.4. The number of hydrogen-bond acceptors (Lipinski definition) is 2. The van der Waals surface area contributed by atoms with Crippen LogP contribution in [-0.2, 0) is 0 Å². The second kappa shape index (κ2) is 9.11. The Hall–Kier alpha value is -2.30. The molecule has 0 aliphatic carbocycles. The topological polar surface area (TPSA) is 41.1 Å². The van der Waals surface area contributed by atoms with Gasteiger partial charge in [-0.3, -0.25) is 5.32 Å². The van der Waals surface area contributed by atoms with Crippen molar-refractivity contribution in [1.82, 2.24) is 0 Å². The van der Waals surface area contributed by atoms with Crippen LogP contribution in [0.15, 0.2) is 66.7 Å².